The summed E-state index contributed by atoms with van der Waals surface area (Å²) in [6, 6.07) is 5.30. The third-order valence-corrected chi connectivity index (χ3v) is 2.78. The van der Waals surface area contributed by atoms with Crippen molar-refractivity contribution in [2.75, 3.05) is 0 Å². The highest BCUT2D eigenvalue weighted by Crippen LogP contribution is 2.25. The van der Waals surface area contributed by atoms with Crippen LogP contribution in [0.25, 0.3) is 6.08 Å². The standard InChI is InChI=1S/C12H11BrN4O3/c1-17-15-11(14-16-17)7-20-10-4-3-9(13)6-8(10)2-5-12(18)19/h2-6H,7H2,1H3,(H,18,19)/b5-2+. The number of aliphatic carboxylic acids is 1. The Hall–Kier alpha value is -2.22. The molecule has 0 aliphatic carbocycles. The van der Waals surface area contributed by atoms with Crippen LogP contribution < -0.4 is 4.74 Å². The van der Waals surface area contributed by atoms with Crippen molar-refractivity contribution in [3.63, 3.8) is 0 Å². The Kier molecular flexibility index (Phi) is 4.46. The lowest BCUT2D eigenvalue weighted by Gasteiger charge is -2.07. The number of rotatable bonds is 5. The summed E-state index contributed by atoms with van der Waals surface area (Å²) in [5, 5.41) is 20.2. The zero-order valence-electron chi connectivity index (χ0n) is 10.5. The first-order valence-electron chi connectivity index (χ1n) is 5.61. The molecular weight excluding hydrogens is 328 g/mol. The van der Waals surface area contributed by atoms with E-state index in [1.54, 1.807) is 25.2 Å². The fraction of sp³-hybridized carbons (Fsp3) is 0.167. The zero-order valence-corrected chi connectivity index (χ0v) is 12.1. The van der Waals surface area contributed by atoms with Crippen LogP contribution in [0.3, 0.4) is 0 Å². The normalized spacial score (nSPS) is 10.9. The van der Waals surface area contributed by atoms with E-state index in [1.165, 1.54) is 10.9 Å². The van der Waals surface area contributed by atoms with Crippen LogP contribution in [-0.2, 0) is 18.4 Å². The highest BCUT2D eigenvalue weighted by molar-refractivity contribution is 9.10. The summed E-state index contributed by atoms with van der Waals surface area (Å²) >= 11 is 3.33. The molecule has 1 aromatic carbocycles. The monoisotopic (exact) mass is 338 g/mol. The number of hydrogen-bond acceptors (Lipinski definition) is 5. The van der Waals surface area contributed by atoms with Crippen molar-refractivity contribution in [2.45, 2.75) is 6.61 Å². The Morgan fingerprint density at radius 1 is 1.55 bits per heavy atom. The van der Waals surface area contributed by atoms with Gasteiger partial charge >= 0.3 is 5.97 Å². The van der Waals surface area contributed by atoms with Crippen LogP contribution in [0.2, 0.25) is 0 Å². The topological polar surface area (TPSA) is 90.1 Å². The van der Waals surface area contributed by atoms with Gasteiger partial charge in [-0.2, -0.15) is 4.80 Å². The second-order valence-electron chi connectivity index (χ2n) is 3.84. The van der Waals surface area contributed by atoms with Crippen molar-refractivity contribution in [3.8, 4) is 5.75 Å². The Morgan fingerprint density at radius 3 is 3.00 bits per heavy atom. The van der Waals surface area contributed by atoms with Crippen molar-refractivity contribution in [1.29, 1.82) is 0 Å². The molecule has 104 valence electrons. The van der Waals surface area contributed by atoms with Crippen LogP contribution >= 0.6 is 15.9 Å². The first-order valence-corrected chi connectivity index (χ1v) is 6.40. The summed E-state index contributed by atoms with van der Waals surface area (Å²) in [7, 11) is 1.66. The minimum Gasteiger partial charge on any atom is -0.485 e. The molecule has 0 spiro atoms. The molecule has 1 aromatic heterocycles. The van der Waals surface area contributed by atoms with Gasteiger partial charge in [0, 0.05) is 16.1 Å². The van der Waals surface area contributed by atoms with E-state index in [9.17, 15) is 4.79 Å². The number of halogens is 1. The third kappa shape index (κ3) is 3.89. The van der Waals surface area contributed by atoms with Crippen LogP contribution in [0.4, 0.5) is 0 Å². The van der Waals surface area contributed by atoms with Crippen molar-refractivity contribution in [2.24, 2.45) is 7.05 Å². The van der Waals surface area contributed by atoms with E-state index in [0.29, 0.717) is 17.1 Å². The Balaban J connectivity index is 2.15. The second-order valence-corrected chi connectivity index (χ2v) is 4.75. The number of tetrazole rings is 1. The maximum Gasteiger partial charge on any atom is 0.328 e. The lowest BCUT2D eigenvalue weighted by atomic mass is 10.2. The summed E-state index contributed by atoms with van der Waals surface area (Å²) in [5.74, 6) is -0.0340. The summed E-state index contributed by atoms with van der Waals surface area (Å²) < 4.78 is 6.41. The first kappa shape index (κ1) is 14.2. The van der Waals surface area contributed by atoms with E-state index in [0.717, 1.165) is 10.5 Å². The van der Waals surface area contributed by atoms with E-state index >= 15 is 0 Å². The minimum absolute atomic E-state index is 0.156. The highest BCUT2D eigenvalue weighted by atomic mass is 79.9. The lowest BCUT2D eigenvalue weighted by molar-refractivity contribution is -0.131. The SMILES string of the molecule is Cn1nnc(COc2ccc(Br)cc2/C=C/C(=O)O)n1. The molecule has 0 aliphatic rings. The number of benzene rings is 1. The molecule has 0 saturated heterocycles. The molecule has 1 N–H and O–H groups in total. The molecule has 2 rings (SSSR count). The first-order chi connectivity index (χ1) is 9.54. The average Bonchev–Trinajstić information content (AvgIpc) is 2.81. The van der Waals surface area contributed by atoms with E-state index in [4.69, 9.17) is 9.84 Å². The number of aryl methyl sites for hydroxylation is 1. The molecule has 0 atom stereocenters. The molecule has 0 saturated carbocycles. The van der Waals surface area contributed by atoms with Gasteiger partial charge in [0.25, 0.3) is 0 Å². The molecule has 8 heteroatoms. The zero-order chi connectivity index (χ0) is 14.5. The number of carboxylic acids is 1. The molecule has 0 bridgehead atoms. The van der Waals surface area contributed by atoms with Crippen LogP contribution in [0.15, 0.2) is 28.7 Å². The largest absolute Gasteiger partial charge is 0.485 e. The highest BCUT2D eigenvalue weighted by Gasteiger charge is 2.06. The number of nitrogens with zero attached hydrogens (tertiary/aromatic N) is 4. The molecule has 0 aliphatic heterocycles. The van der Waals surface area contributed by atoms with E-state index in [-0.39, 0.29) is 6.61 Å². The number of ether oxygens (including phenoxy) is 1. The van der Waals surface area contributed by atoms with Crippen LogP contribution in [0.1, 0.15) is 11.4 Å². The van der Waals surface area contributed by atoms with Gasteiger partial charge in [0.15, 0.2) is 6.61 Å². The van der Waals surface area contributed by atoms with Crippen LogP contribution in [0, 0.1) is 0 Å². The second kappa shape index (κ2) is 6.29. The fourth-order valence-electron chi connectivity index (χ4n) is 1.47. The fourth-order valence-corrected chi connectivity index (χ4v) is 1.84. The molecule has 0 radical (unpaired) electrons. The maximum atomic E-state index is 10.6. The van der Waals surface area contributed by atoms with Crippen molar-refractivity contribution < 1.29 is 14.6 Å². The molecule has 0 unspecified atom stereocenters. The van der Waals surface area contributed by atoms with Gasteiger partial charge < -0.3 is 9.84 Å². The molecule has 2 aromatic rings. The predicted molar refractivity (Wildman–Crippen MR) is 73.9 cm³/mol. The number of hydrogen-bond donors (Lipinski definition) is 1. The minimum atomic E-state index is -1.02. The quantitative estimate of drug-likeness (QED) is 0.833. The van der Waals surface area contributed by atoms with Gasteiger partial charge in [-0.1, -0.05) is 15.9 Å². The van der Waals surface area contributed by atoms with Gasteiger partial charge in [-0.05, 0) is 29.5 Å². The van der Waals surface area contributed by atoms with Gasteiger partial charge in [0.2, 0.25) is 5.82 Å². The smallest absolute Gasteiger partial charge is 0.328 e. The summed E-state index contributed by atoms with van der Waals surface area (Å²) in [6.07, 6.45) is 2.52. The summed E-state index contributed by atoms with van der Waals surface area (Å²) in [4.78, 5) is 11.9. The van der Waals surface area contributed by atoms with Crippen LogP contribution in [0.5, 0.6) is 5.75 Å². The van der Waals surface area contributed by atoms with Gasteiger partial charge in [0.1, 0.15) is 5.75 Å². The molecular formula is C12H11BrN4O3. The maximum absolute atomic E-state index is 10.6. The van der Waals surface area contributed by atoms with Gasteiger partial charge in [-0.25, -0.2) is 4.79 Å². The molecule has 1 heterocycles. The average molecular weight is 339 g/mol. The third-order valence-electron chi connectivity index (χ3n) is 2.28. The Bertz CT molecular complexity index is 654. The summed E-state index contributed by atoms with van der Waals surface area (Å²) in [5.41, 5.74) is 0.644. The number of carboxylic acid groups (broad SMARTS) is 1. The van der Waals surface area contributed by atoms with Gasteiger partial charge in [-0.15, -0.1) is 10.2 Å². The molecule has 0 fully saturated rings. The van der Waals surface area contributed by atoms with E-state index in [1.807, 2.05) is 0 Å². The van der Waals surface area contributed by atoms with E-state index < -0.39 is 5.97 Å². The number of aromatic nitrogens is 4. The van der Waals surface area contributed by atoms with E-state index in [2.05, 4.69) is 31.3 Å². The molecule has 7 nitrogen and oxygen atoms in total. The molecule has 0 amide bonds. The van der Waals surface area contributed by atoms with Crippen LogP contribution in [-0.4, -0.2) is 31.3 Å². The molecule has 20 heavy (non-hydrogen) atoms. The lowest BCUT2D eigenvalue weighted by Crippen LogP contribution is -2.00. The van der Waals surface area contributed by atoms with Crippen molar-refractivity contribution >= 4 is 28.0 Å². The van der Waals surface area contributed by atoms with Gasteiger partial charge in [0.05, 0.1) is 7.05 Å². The van der Waals surface area contributed by atoms with Crippen molar-refractivity contribution in [3.05, 3.63) is 40.1 Å². The number of carbonyl (C=O) groups is 1. The Morgan fingerprint density at radius 2 is 2.35 bits per heavy atom. The predicted octanol–water partition coefficient (Wildman–Crippen LogP) is 1.65. The summed E-state index contributed by atoms with van der Waals surface area (Å²) in [6.45, 7) is 0.156. The van der Waals surface area contributed by atoms with Gasteiger partial charge in [-0.3, -0.25) is 0 Å². The van der Waals surface area contributed by atoms with Crippen molar-refractivity contribution in [1.82, 2.24) is 20.2 Å². The Labute approximate surface area is 123 Å².